The van der Waals surface area contributed by atoms with E-state index in [9.17, 15) is 13.2 Å². The Kier molecular flexibility index (Phi) is 5.29. The van der Waals surface area contributed by atoms with Crippen LogP contribution in [-0.2, 0) is 34.3 Å². The summed E-state index contributed by atoms with van der Waals surface area (Å²) >= 11 is 0. The van der Waals surface area contributed by atoms with Gasteiger partial charge in [0, 0.05) is 32.1 Å². The fraction of sp³-hybridized carbons (Fsp3) is 0.316. The number of nitrogens with one attached hydrogen (secondary N) is 1. The second kappa shape index (κ2) is 7.47. The van der Waals surface area contributed by atoms with Gasteiger partial charge in [-0.05, 0) is 35.7 Å². The molecule has 0 spiro atoms. The van der Waals surface area contributed by atoms with Crippen LogP contribution in [0.25, 0.3) is 0 Å². The lowest BCUT2D eigenvalue weighted by Gasteiger charge is -2.28. The van der Waals surface area contributed by atoms with Gasteiger partial charge in [-0.15, -0.1) is 0 Å². The van der Waals surface area contributed by atoms with E-state index in [4.69, 9.17) is 4.74 Å². The number of sulfonamides is 1. The van der Waals surface area contributed by atoms with Crippen molar-refractivity contribution in [2.75, 3.05) is 13.7 Å². The number of nitrogens with zero attached hydrogens (tertiary/aromatic N) is 1. The summed E-state index contributed by atoms with van der Waals surface area (Å²) < 4.78 is 33.2. The molecule has 0 radical (unpaired) electrons. The van der Waals surface area contributed by atoms with Crippen molar-refractivity contribution < 1.29 is 17.9 Å². The predicted octanol–water partition coefficient (Wildman–Crippen LogP) is 2.08. The summed E-state index contributed by atoms with van der Waals surface area (Å²) in [5, 5.41) is 0. The highest BCUT2D eigenvalue weighted by Gasteiger charge is 2.21. The molecule has 1 N–H and O–H groups in total. The summed E-state index contributed by atoms with van der Waals surface area (Å²) in [6, 6.07) is 12.4. The Morgan fingerprint density at radius 2 is 1.96 bits per heavy atom. The average Bonchev–Trinajstić information content (AvgIpc) is 2.65. The number of amides is 1. The third-order valence-corrected chi connectivity index (χ3v) is 5.99. The second-order valence-electron chi connectivity index (χ2n) is 6.26. The molecule has 0 aromatic heterocycles. The van der Waals surface area contributed by atoms with Crippen molar-refractivity contribution in [1.29, 1.82) is 0 Å². The highest BCUT2D eigenvalue weighted by molar-refractivity contribution is 7.89. The highest BCUT2D eigenvalue weighted by Crippen LogP contribution is 2.23. The molecular weight excluding hydrogens is 352 g/mol. The van der Waals surface area contributed by atoms with Crippen LogP contribution >= 0.6 is 0 Å². The molecule has 3 rings (SSSR count). The maximum absolute atomic E-state index is 12.7. The summed E-state index contributed by atoms with van der Waals surface area (Å²) in [4.78, 5) is 13.5. The predicted molar refractivity (Wildman–Crippen MR) is 98.3 cm³/mol. The van der Waals surface area contributed by atoms with E-state index < -0.39 is 10.0 Å². The van der Waals surface area contributed by atoms with Crippen LogP contribution in [0.15, 0.2) is 47.4 Å². The zero-order valence-corrected chi connectivity index (χ0v) is 15.7. The third kappa shape index (κ3) is 3.89. The highest BCUT2D eigenvalue weighted by atomic mass is 32.2. The molecule has 138 valence electrons. The summed E-state index contributed by atoms with van der Waals surface area (Å²) in [5.41, 5.74) is 2.73. The minimum Gasteiger partial charge on any atom is -0.496 e. The smallest absolute Gasteiger partial charge is 0.240 e. The van der Waals surface area contributed by atoms with E-state index in [1.165, 1.54) is 6.92 Å². The van der Waals surface area contributed by atoms with Crippen molar-refractivity contribution >= 4 is 15.9 Å². The number of carbonyl (C=O) groups is 1. The van der Waals surface area contributed by atoms with E-state index in [1.54, 1.807) is 30.2 Å². The first-order valence-electron chi connectivity index (χ1n) is 8.39. The molecule has 2 aromatic rings. The number of benzene rings is 2. The molecule has 6 nitrogen and oxygen atoms in total. The van der Waals surface area contributed by atoms with E-state index in [2.05, 4.69) is 4.72 Å². The Morgan fingerprint density at radius 3 is 2.69 bits per heavy atom. The molecule has 7 heteroatoms. The molecule has 1 amide bonds. The van der Waals surface area contributed by atoms with Crippen LogP contribution in [-0.4, -0.2) is 32.9 Å². The van der Waals surface area contributed by atoms with E-state index >= 15 is 0 Å². The molecule has 1 heterocycles. The Hall–Kier alpha value is -2.38. The van der Waals surface area contributed by atoms with Crippen molar-refractivity contribution in [3.63, 3.8) is 0 Å². The van der Waals surface area contributed by atoms with E-state index in [1.807, 2.05) is 24.3 Å². The van der Waals surface area contributed by atoms with Crippen molar-refractivity contribution in [3.8, 4) is 5.75 Å². The Morgan fingerprint density at radius 1 is 1.19 bits per heavy atom. The largest absolute Gasteiger partial charge is 0.496 e. The summed E-state index contributed by atoms with van der Waals surface area (Å²) in [5.74, 6) is 0.635. The van der Waals surface area contributed by atoms with Crippen LogP contribution in [0.3, 0.4) is 0 Å². The van der Waals surface area contributed by atoms with Gasteiger partial charge in [0.05, 0.1) is 12.0 Å². The zero-order valence-electron chi connectivity index (χ0n) is 14.9. The van der Waals surface area contributed by atoms with Gasteiger partial charge in [0.15, 0.2) is 0 Å². The van der Waals surface area contributed by atoms with Crippen molar-refractivity contribution in [2.45, 2.75) is 31.3 Å². The first kappa shape index (κ1) is 18.4. The maximum Gasteiger partial charge on any atom is 0.240 e. The van der Waals surface area contributed by atoms with Crippen LogP contribution in [0.1, 0.15) is 23.6 Å². The van der Waals surface area contributed by atoms with Crippen LogP contribution < -0.4 is 9.46 Å². The van der Waals surface area contributed by atoms with Crippen LogP contribution in [0.4, 0.5) is 0 Å². The van der Waals surface area contributed by atoms with Gasteiger partial charge in [-0.3, -0.25) is 4.79 Å². The number of fused-ring (bicyclic) bond motifs is 1. The first-order valence-corrected chi connectivity index (χ1v) is 9.88. The molecule has 0 saturated heterocycles. The minimum atomic E-state index is -3.66. The summed E-state index contributed by atoms with van der Waals surface area (Å²) in [7, 11) is -2.11. The number of hydrogen-bond acceptors (Lipinski definition) is 4. The SMILES string of the molecule is COc1ccccc1CNS(=O)(=O)c1ccc2c(c1)CN(C(C)=O)CC2. The van der Waals surface area contributed by atoms with E-state index in [-0.39, 0.29) is 17.3 Å². The number of carbonyl (C=O) groups excluding carboxylic acids is 1. The Labute approximate surface area is 153 Å². The molecule has 1 aliphatic rings. The summed E-state index contributed by atoms with van der Waals surface area (Å²) in [6.45, 7) is 2.78. The Bertz CT molecular complexity index is 925. The normalized spacial score (nSPS) is 14.0. The lowest BCUT2D eigenvalue weighted by Crippen LogP contribution is -2.34. The zero-order chi connectivity index (χ0) is 18.7. The fourth-order valence-corrected chi connectivity index (χ4v) is 4.13. The van der Waals surface area contributed by atoms with Gasteiger partial charge in [0.2, 0.25) is 15.9 Å². The number of methoxy groups -OCH3 is 1. The topological polar surface area (TPSA) is 75.7 Å². The number of hydrogen-bond donors (Lipinski definition) is 1. The number of para-hydroxylation sites is 1. The standard InChI is InChI=1S/C19H22N2O4S/c1-14(22)21-10-9-15-7-8-18(11-17(15)13-21)26(23,24)20-12-16-5-3-4-6-19(16)25-2/h3-8,11,20H,9-10,12-13H2,1-2H3. The molecule has 0 aliphatic carbocycles. The average molecular weight is 374 g/mol. The molecule has 26 heavy (non-hydrogen) atoms. The molecule has 0 bridgehead atoms. The Balaban J connectivity index is 1.79. The van der Waals surface area contributed by atoms with Gasteiger partial charge in [-0.1, -0.05) is 24.3 Å². The van der Waals surface area contributed by atoms with Crippen LogP contribution in [0, 0.1) is 0 Å². The van der Waals surface area contributed by atoms with E-state index in [0.717, 1.165) is 23.1 Å². The molecule has 0 fully saturated rings. The molecule has 0 atom stereocenters. The van der Waals surface area contributed by atoms with Gasteiger partial charge < -0.3 is 9.64 Å². The number of ether oxygens (including phenoxy) is 1. The van der Waals surface area contributed by atoms with Crippen molar-refractivity contribution in [1.82, 2.24) is 9.62 Å². The second-order valence-corrected chi connectivity index (χ2v) is 8.02. The molecule has 1 aliphatic heterocycles. The molecule has 2 aromatic carbocycles. The van der Waals surface area contributed by atoms with Gasteiger partial charge in [0.1, 0.15) is 5.75 Å². The first-order chi connectivity index (χ1) is 12.4. The van der Waals surface area contributed by atoms with Gasteiger partial charge >= 0.3 is 0 Å². The monoisotopic (exact) mass is 374 g/mol. The van der Waals surface area contributed by atoms with Gasteiger partial charge in [-0.2, -0.15) is 0 Å². The lowest BCUT2D eigenvalue weighted by atomic mass is 10.00. The van der Waals surface area contributed by atoms with Crippen LogP contribution in [0.5, 0.6) is 5.75 Å². The summed E-state index contributed by atoms with van der Waals surface area (Å²) in [6.07, 6.45) is 0.740. The van der Waals surface area contributed by atoms with Crippen LogP contribution in [0.2, 0.25) is 0 Å². The lowest BCUT2D eigenvalue weighted by molar-refractivity contribution is -0.129. The van der Waals surface area contributed by atoms with Crippen molar-refractivity contribution in [2.24, 2.45) is 0 Å². The van der Waals surface area contributed by atoms with Crippen molar-refractivity contribution in [3.05, 3.63) is 59.2 Å². The fourth-order valence-electron chi connectivity index (χ4n) is 3.07. The van der Waals surface area contributed by atoms with Gasteiger partial charge in [0.25, 0.3) is 0 Å². The maximum atomic E-state index is 12.7. The molecule has 0 saturated carbocycles. The minimum absolute atomic E-state index is 0.00166. The third-order valence-electron chi connectivity index (χ3n) is 4.59. The van der Waals surface area contributed by atoms with E-state index in [0.29, 0.717) is 18.8 Å². The molecule has 0 unspecified atom stereocenters. The molecular formula is C19H22N2O4S. The quantitative estimate of drug-likeness (QED) is 0.869. The van der Waals surface area contributed by atoms with Gasteiger partial charge in [-0.25, -0.2) is 13.1 Å². The number of rotatable bonds is 5.